The molecule has 0 aliphatic carbocycles. The first kappa shape index (κ1) is 11.8. The van der Waals surface area contributed by atoms with Gasteiger partial charge in [-0.3, -0.25) is 4.79 Å². The van der Waals surface area contributed by atoms with Crippen molar-refractivity contribution in [3.63, 3.8) is 0 Å². The molecule has 86 valence electrons. The summed E-state index contributed by atoms with van der Waals surface area (Å²) in [6, 6.07) is 9.73. The Kier molecular flexibility index (Phi) is 3.85. The number of allylic oxidation sites excluding steroid dienone is 1. The average molecular weight is 246 g/mol. The Bertz CT molecular complexity index is 496. The van der Waals surface area contributed by atoms with Crippen molar-refractivity contribution in [1.82, 2.24) is 4.90 Å². The number of rotatable bonds is 1. The third kappa shape index (κ3) is 2.89. The van der Waals surface area contributed by atoms with E-state index in [0.717, 1.165) is 30.4 Å². The maximum atomic E-state index is 10.7. The molecule has 2 rings (SSSR count). The molecule has 1 aromatic carbocycles. The summed E-state index contributed by atoms with van der Waals surface area (Å²) in [7, 11) is 0. The molecule has 0 N–H and O–H groups in total. The van der Waals surface area contributed by atoms with E-state index in [4.69, 9.17) is 11.6 Å². The van der Waals surface area contributed by atoms with Gasteiger partial charge in [-0.05, 0) is 25.0 Å². The molecule has 0 unspecified atom stereocenters. The number of carbonyl (C=O) groups excluding carboxylic acids is 1. The van der Waals surface area contributed by atoms with Crippen LogP contribution in [0.1, 0.15) is 18.4 Å². The number of amides is 1. The summed E-state index contributed by atoms with van der Waals surface area (Å²) in [5.41, 5.74) is 1.79. The van der Waals surface area contributed by atoms with Crippen LogP contribution in [0.2, 0.25) is 0 Å². The molecule has 0 aromatic heterocycles. The number of carbonyl (C=O) groups is 1. The van der Waals surface area contributed by atoms with Crippen molar-refractivity contribution in [2.45, 2.75) is 12.8 Å². The van der Waals surface area contributed by atoms with Crippen molar-refractivity contribution < 1.29 is 4.79 Å². The third-order valence-electron chi connectivity index (χ3n) is 2.59. The third-order valence-corrected chi connectivity index (χ3v) is 3.03. The predicted molar refractivity (Wildman–Crippen MR) is 68.2 cm³/mol. The Morgan fingerprint density at radius 2 is 2.00 bits per heavy atom. The molecule has 1 heterocycles. The van der Waals surface area contributed by atoms with E-state index >= 15 is 0 Å². The van der Waals surface area contributed by atoms with Crippen molar-refractivity contribution in [1.29, 1.82) is 0 Å². The fraction of sp³-hybridized carbons (Fsp3) is 0.214. The van der Waals surface area contributed by atoms with Gasteiger partial charge in [0.05, 0.1) is 0 Å². The van der Waals surface area contributed by atoms with Crippen LogP contribution in [0, 0.1) is 11.8 Å². The number of halogens is 1. The molecule has 0 bridgehead atoms. The molecule has 1 aliphatic rings. The Labute approximate surface area is 106 Å². The lowest BCUT2D eigenvalue weighted by Gasteiger charge is -2.22. The van der Waals surface area contributed by atoms with Gasteiger partial charge in [-0.1, -0.05) is 41.6 Å². The molecule has 17 heavy (non-hydrogen) atoms. The summed E-state index contributed by atoms with van der Waals surface area (Å²) in [6.07, 6.45) is 2.50. The smallest absolute Gasteiger partial charge is 0.214 e. The first-order valence-electron chi connectivity index (χ1n) is 5.49. The van der Waals surface area contributed by atoms with Crippen LogP contribution >= 0.6 is 11.6 Å². The normalized spacial score (nSPS) is 15.2. The second-order valence-electron chi connectivity index (χ2n) is 3.79. The highest BCUT2D eigenvalue weighted by Gasteiger charge is 2.16. The number of hydrogen-bond acceptors (Lipinski definition) is 1. The fourth-order valence-corrected chi connectivity index (χ4v) is 1.95. The largest absolute Gasteiger partial charge is 0.305 e. The summed E-state index contributed by atoms with van der Waals surface area (Å²) in [6.45, 7) is 0.679. The van der Waals surface area contributed by atoms with Crippen LogP contribution in [-0.4, -0.2) is 17.9 Å². The van der Waals surface area contributed by atoms with Gasteiger partial charge in [-0.2, -0.15) is 0 Å². The quantitative estimate of drug-likeness (QED) is 0.423. The van der Waals surface area contributed by atoms with Crippen molar-refractivity contribution in [3.05, 3.63) is 46.6 Å². The van der Waals surface area contributed by atoms with Gasteiger partial charge in [0.1, 0.15) is 5.16 Å². The summed E-state index contributed by atoms with van der Waals surface area (Å²) in [5, 5.41) is 0.467. The SMILES string of the molecule is O=CN1CCCC(C#Cc2ccccc2)=C1Cl. The summed E-state index contributed by atoms with van der Waals surface area (Å²) in [5.74, 6) is 6.10. The maximum Gasteiger partial charge on any atom is 0.214 e. The molecule has 0 radical (unpaired) electrons. The van der Waals surface area contributed by atoms with Crippen molar-refractivity contribution in [2.24, 2.45) is 0 Å². The maximum absolute atomic E-state index is 10.7. The highest BCUT2D eigenvalue weighted by atomic mass is 35.5. The van der Waals surface area contributed by atoms with Crippen molar-refractivity contribution in [2.75, 3.05) is 6.54 Å². The topological polar surface area (TPSA) is 20.3 Å². The Hall–Kier alpha value is -1.72. The van der Waals surface area contributed by atoms with E-state index in [2.05, 4.69) is 11.8 Å². The van der Waals surface area contributed by atoms with Crippen LogP contribution in [-0.2, 0) is 4.79 Å². The van der Waals surface area contributed by atoms with E-state index in [9.17, 15) is 4.79 Å². The highest BCUT2D eigenvalue weighted by Crippen LogP contribution is 2.23. The van der Waals surface area contributed by atoms with E-state index in [-0.39, 0.29) is 0 Å². The van der Waals surface area contributed by atoms with Gasteiger partial charge < -0.3 is 4.90 Å². The predicted octanol–water partition coefficient (Wildman–Crippen LogP) is 2.74. The Morgan fingerprint density at radius 1 is 1.24 bits per heavy atom. The minimum atomic E-state index is 0.467. The van der Waals surface area contributed by atoms with Crippen LogP contribution in [0.4, 0.5) is 0 Å². The molecular weight excluding hydrogens is 234 g/mol. The molecule has 0 saturated heterocycles. The second-order valence-corrected chi connectivity index (χ2v) is 4.15. The summed E-state index contributed by atoms with van der Waals surface area (Å²) in [4.78, 5) is 12.2. The van der Waals surface area contributed by atoms with Gasteiger partial charge in [0, 0.05) is 17.7 Å². The van der Waals surface area contributed by atoms with E-state index in [1.807, 2.05) is 30.3 Å². The summed E-state index contributed by atoms with van der Waals surface area (Å²) >= 11 is 6.09. The molecule has 0 spiro atoms. The van der Waals surface area contributed by atoms with Crippen LogP contribution in [0.3, 0.4) is 0 Å². The molecule has 1 aliphatic heterocycles. The second kappa shape index (κ2) is 5.56. The zero-order chi connectivity index (χ0) is 12.1. The van der Waals surface area contributed by atoms with Gasteiger partial charge in [-0.25, -0.2) is 0 Å². The number of benzene rings is 1. The lowest BCUT2D eigenvalue weighted by atomic mass is 10.1. The average Bonchev–Trinajstić information content (AvgIpc) is 2.39. The molecule has 0 saturated carbocycles. The Balaban J connectivity index is 2.24. The minimum absolute atomic E-state index is 0.467. The number of hydrogen-bond donors (Lipinski definition) is 0. The van der Waals surface area contributed by atoms with E-state index in [1.165, 1.54) is 4.90 Å². The van der Waals surface area contributed by atoms with Gasteiger partial charge in [-0.15, -0.1) is 0 Å². The van der Waals surface area contributed by atoms with Crippen LogP contribution in [0.25, 0.3) is 0 Å². The molecule has 2 nitrogen and oxygen atoms in total. The zero-order valence-corrected chi connectivity index (χ0v) is 10.1. The zero-order valence-electron chi connectivity index (χ0n) is 9.32. The lowest BCUT2D eigenvalue weighted by Crippen LogP contribution is -2.24. The highest BCUT2D eigenvalue weighted by molar-refractivity contribution is 6.30. The minimum Gasteiger partial charge on any atom is -0.305 e. The van der Waals surface area contributed by atoms with E-state index in [0.29, 0.717) is 11.7 Å². The lowest BCUT2D eigenvalue weighted by molar-refractivity contribution is -0.116. The number of nitrogens with zero attached hydrogens (tertiary/aromatic N) is 1. The molecule has 0 atom stereocenters. The Morgan fingerprint density at radius 3 is 2.71 bits per heavy atom. The first-order valence-corrected chi connectivity index (χ1v) is 5.86. The molecule has 0 fully saturated rings. The van der Waals surface area contributed by atoms with Crippen LogP contribution in [0.15, 0.2) is 41.1 Å². The molecule has 3 heteroatoms. The monoisotopic (exact) mass is 245 g/mol. The van der Waals surface area contributed by atoms with Gasteiger partial charge in [0.15, 0.2) is 0 Å². The standard InChI is InChI=1S/C14H12ClNO/c15-14-13(7-4-10-16(14)11-17)9-8-12-5-2-1-3-6-12/h1-3,5-6,11H,4,7,10H2. The summed E-state index contributed by atoms with van der Waals surface area (Å²) < 4.78 is 0. The van der Waals surface area contributed by atoms with Crippen molar-refractivity contribution in [3.8, 4) is 11.8 Å². The first-order chi connectivity index (χ1) is 8.31. The molecule has 1 amide bonds. The fourth-order valence-electron chi connectivity index (χ4n) is 1.68. The van der Waals surface area contributed by atoms with Gasteiger partial charge >= 0.3 is 0 Å². The molecular formula is C14H12ClNO. The van der Waals surface area contributed by atoms with E-state index < -0.39 is 0 Å². The van der Waals surface area contributed by atoms with Crippen LogP contribution < -0.4 is 0 Å². The van der Waals surface area contributed by atoms with E-state index in [1.54, 1.807) is 0 Å². The van der Waals surface area contributed by atoms with Crippen LogP contribution in [0.5, 0.6) is 0 Å². The molecule has 1 aromatic rings. The van der Waals surface area contributed by atoms with Gasteiger partial charge in [0.2, 0.25) is 6.41 Å². The van der Waals surface area contributed by atoms with Gasteiger partial charge in [0.25, 0.3) is 0 Å². The van der Waals surface area contributed by atoms with Crippen molar-refractivity contribution >= 4 is 18.0 Å².